The number of piperidine rings is 1. The lowest BCUT2D eigenvalue weighted by Gasteiger charge is -2.33. The fraction of sp³-hybridized carbons (Fsp3) is 0.526. The summed E-state index contributed by atoms with van der Waals surface area (Å²) in [7, 11) is 0. The number of likely N-dealkylation sites (tertiary alicyclic amines) is 1. The number of rotatable bonds is 6. The van der Waals surface area contributed by atoms with Gasteiger partial charge in [0.1, 0.15) is 0 Å². The van der Waals surface area contributed by atoms with Gasteiger partial charge in [-0.1, -0.05) is 13.8 Å². The molecular formula is C19H26F2N4. The van der Waals surface area contributed by atoms with Crippen LogP contribution in [0.3, 0.4) is 0 Å². The lowest BCUT2D eigenvalue weighted by Crippen LogP contribution is -2.42. The molecule has 2 heterocycles. The molecule has 0 aliphatic carbocycles. The second-order valence-electron chi connectivity index (χ2n) is 7.28. The summed E-state index contributed by atoms with van der Waals surface area (Å²) < 4.78 is 28.7. The average Bonchev–Trinajstić information content (AvgIpc) is 2.97. The Balaban J connectivity index is 1.59. The zero-order valence-electron chi connectivity index (χ0n) is 14.9. The van der Waals surface area contributed by atoms with Crippen LogP contribution in [-0.4, -0.2) is 33.6 Å². The summed E-state index contributed by atoms with van der Waals surface area (Å²) in [5.74, 6) is -1.04. The van der Waals surface area contributed by atoms with Crippen molar-refractivity contribution >= 4 is 5.69 Å². The van der Waals surface area contributed by atoms with Gasteiger partial charge < -0.3 is 9.88 Å². The molecule has 2 aromatic rings. The van der Waals surface area contributed by atoms with Crippen LogP contribution in [0.5, 0.6) is 0 Å². The Morgan fingerprint density at radius 2 is 2.12 bits per heavy atom. The molecule has 0 saturated carbocycles. The SMILES string of the molecule is CC(C)Cn1cncc1CN1CCC[C@H](Nc2ccc(F)c(F)c2)C1. The van der Waals surface area contributed by atoms with E-state index in [0.29, 0.717) is 11.6 Å². The van der Waals surface area contributed by atoms with Crippen molar-refractivity contribution in [1.82, 2.24) is 14.5 Å². The molecule has 1 aromatic carbocycles. The van der Waals surface area contributed by atoms with Crippen LogP contribution in [0.15, 0.2) is 30.7 Å². The summed E-state index contributed by atoms with van der Waals surface area (Å²) in [6.07, 6.45) is 5.95. The van der Waals surface area contributed by atoms with Crippen molar-refractivity contribution in [3.05, 3.63) is 48.1 Å². The maximum Gasteiger partial charge on any atom is 0.160 e. The van der Waals surface area contributed by atoms with Gasteiger partial charge in [0.05, 0.1) is 12.0 Å². The molecule has 0 bridgehead atoms. The van der Waals surface area contributed by atoms with Crippen LogP contribution in [0.2, 0.25) is 0 Å². The number of halogens is 2. The molecule has 3 rings (SSSR count). The Bertz CT molecular complexity index is 698. The summed E-state index contributed by atoms with van der Waals surface area (Å²) in [5.41, 5.74) is 1.86. The Morgan fingerprint density at radius 1 is 1.28 bits per heavy atom. The summed E-state index contributed by atoms with van der Waals surface area (Å²) in [5, 5.41) is 3.33. The number of anilines is 1. The van der Waals surface area contributed by atoms with E-state index in [-0.39, 0.29) is 6.04 Å². The van der Waals surface area contributed by atoms with Crippen LogP contribution in [0.25, 0.3) is 0 Å². The number of aromatic nitrogens is 2. The monoisotopic (exact) mass is 348 g/mol. The minimum atomic E-state index is -0.811. The van der Waals surface area contributed by atoms with Gasteiger partial charge in [0.25, 0.3) is 0 Å². The molecule has 1 aromatic heterocycles. The standard InChI is InChI=1S/C19H26F2N4/c1-14(2)10-25-13-22-9-17(25)12-24-7-3-4-16(11-24)23-15-5-6-18(20)19(21)8-15/h5-6,8-9,13-14,16,23H,3-4,7,10-12H2,1-2H3/t16-/m0/s1. The Morgan fingerprint density at radius 3 is 2.88 bits per heavy atom. The van der Waals surface area contributed by atoms with Crippen molar-refractivity contribution < 1.29 is 8.78 Å². The maximum atomic E-state index is 13.4. The van der Waals surface area contributed by atoms with E-state index in [0.717, 1.165) is 39.0 Å². The van der Waals surface area contributed by atoms with Crippen molar-refractivity contribution in [2.45, 2.75) is 45.8 Å². The van der Waals surface area contributed by atoms with Crippen molar-refractivity contribution in [3.8, 4) is 0 Å². The van der Waals surface area contributed by atoms with Gasteiger partial charge in [0.2, 0.25) is 0 Å². The van der Waals surface area contributed by atoms with Gasteiger partial charge in [-0.25, -0.2) is 13.8 Å². The fourth-order valence-corrected chi connectivity index (χ4v) is 3.41. The number of hydrogen-bond acceptors (Lipinski definition) is 3. The van der Waals surface area contributed by atoms with Gasteiger partial charge in [-0.05, 0) is 37.4 Å². The van der Waals surface area contributed by atoms with E-state index in [4.69, 9.17) is 0 Å². The first-order valence-electron chi connectivity index (χ1n) is 8.94. The summed E-state index contributed by atoms with van der Waals surface area (Å²) in [4.78, 5) is 6.69. The van der Waals surface area contributed by atoms with Crippen LogP contribution in [-0.2, 0) is 13.1 Å². The maximum absolute atomic E-state index is 13.4. The van der Waals surface area contributed by atoms with E-state index in [1.807, 2.05) is 12.5 Å². The summed E-state index contributed by atoms with van der Waals surface area (Å²) in [6.45, 7) is 8.16. The van der Waals surface area contributed by atoms with Gasteiger partial charge in [-0.3, -0.25) is 4.90 Å². The van der Waals surface area contributed by atoms with E-state index in [2.05, 4.69) is 33.6 Å². The minimum absolute atomic E-state index is 0.236. The molecule has 0 amide bonds. The molecule has 0 spiro atoms. The van der Waals surface area contributed by atoms with Gasteiger partial charge >= 0.3 is 0 Å². The van der Waals surface area contributed by atoms with E-state index >= 15 is 0 Å². The highest BCUT2D eigenvalue weighted by Crippen LogP contribution is 2.20. The van der Waals surface area contributed by atoms with Crippen molar-refractivity contribution in [1.29, 1.82) is 0 Å². The number of imidazole rings is 1. The first-order chi connectivity index (χ1) is 12.0. The second kappa shape index (κ2) is 7.95. The molecule has 25 heavy (non-hydrogen) atoms. The highest BCUT2D eigenvalue weighted by Gasteiger charge is 2.21. The van der Waals surface area contributed by atoms with E-state index < -0.39 is 11.6 Å². The molecule has 4 nitrogen and oxygen atoms in total. The zero-order valence-corrected chi connectivity index (χ0v) is 14.9. The zero-order chi connectivity index (χ0) is 17.8. The predicted molar refractivity (Wildman–Crippen MR) is 95.3 cm³/mol. The smallest absolute Gasteiger partial charge is 0.160 e. The molecule has 1 fully saturated rings. The lowest BCUT2D eigenvalue weighted by molar-refractivity contribution is 0.203. The first kappa shape index (κ1) is 17.9. The quantitative estimate of drug-likeness (QED) is 0.860. The minimum Gasteiger partial charge on any atom is -0.381 e. The largest absolute Gasteiger partial charge is 0.381 e. The molecule has 1 aliphatic rings. The molecule has 1 N–H and O–H groups in total. The highest BCUT2D eigenvalue weighted by molar-refractivity contribution is 5.44. The average molecular weight is 348 g/mol. The van der Waals surface area contributed by atoms with E-state index in [9.17, 15) is 8.78 Å². The molecule has 6 heteroatoms. The number of nitrogens with zero attached hydrogens (tertiary/aromatic N) is 3. The van der Waals surface area contributed by atoms with Crippen molar-refractivity contribution in [3.63, 3.8) is 0 Å². The van der Waals surface area contributed by atoms with Crippen LogP contribution in [0.4, 0.5) is 14.5 Å². The molecule has 0 unspecified atom stereocenters. The van der Waals surface area contributed by atoms with Gasteiger partial charge in [0.15, 0.2) is 11.6 Å². The summed E-state index contributed by atoms with van der Waals surface area (Å²) >= 11 is 0. The number of nitrogens with one attached hydrogen (secondary N) is 1. The summed E-state index contributed by atoms with van der Waals surface area (Å²) in [6, 6.07) is 4.23. The van der Waals surface area contributed by atoms with Crippen LogP contribution in [0, 0.1) is 17.6 Å². The van der Waals surface area contributed by atoms with Gasteiger partial charge in [-0.2, -0.15) is 0 Å². The third-order valence-electron chi connectivity index (χ3n) is 4.54. The third-order valence-corrected chi connectivity index (χ3v) is 4.54. The van der Waals surface area contributed by atoms with Gasteiger partial charge in [-0.15, -0.1) is 0 Å². The lowest BCUT2D eigenvalue weighted by atomic mass is 10.0. The topological polar surface area (TPSA) is 33.1 Å². The Kier molecular flexibility index (Phi) is 5.68. The normalized spacial score (nSPS) is 18.7. The Hall–Kier alpha value is -1.95. The van der Waals surface area contributed by atoms with Crippen LogP contribution >= 0.6 is 0 Å². The molecule has 1 aliphatic heterocycles. The molecule has 1 atom stereocenters. The van der Waals surface area contributed by atoms with Crippen molar-refractivity contribution in [2.24, 2.45) is 5.92 Å². The highest BCUT2D eigenvalue weighted by atomic mass is 19.2. The number of benzene rings is 1. The fourth-order valence-electron chi connectivity index (χ4n) is 3.41. The van der Waals surface area contributed by atoms with Gasteiger partial charge in [0, 0.05) is 43.6 Å². The van der Waals surface area contributed by atoms with E-state index in [1.54, 1.807) is 6.07 Å². The first-order valence-corrected chi connectivity index (χ1v) is 8.94. The molecule has 136 valence electrons. The third kappa shape index (κ3) is 4.78. The van der Waals surface area contributed by atoms with Crippen molar-refractivity contribution in [2.75, 3.05) is 18.4 Å². The Labute approximate surface area is 147 Å². The molecule has 0 radical (unpaired) electrons. The van der Waals surface area contributed by atoms with Crippen LogP contribution < -0.4 is 5.32 Å². The number of hydrogen-bond donors (Lipinski definition) is 1. The molecular weight excluding hydrogens is 322 g/mol. The molecule has 1 saturated heterocycles. The predicted octanol–water partition coefficient (Wildman–Crippen LogP) is 3.89. The van der Waals surface area contributed by atoms with Crippen LogP contribution in [0.1, 0.15) is 32.4 Å². The van der Waals surface area contributed by atoms with E-state index in [1.165, 1.54) is 17.8 Å². The second-order valence-corrected chi connectivity index (χ2v) is 7.28.